The molecule has 2 unspecified atom stereocenters. The molecule has 0 aromatic heterocycles. The maximum atomic E-state index is 11.7. The van der Waals surface area contributed by atoms with Gasteiger partial charge in [0, 0.05) is 6.26 Å². The van der Waals surface area contributed by atoms with Crippen LogP contribution in [0, 0.1) is 6.92 Å². The van der Waals surface area contributed by atoms with E-state index in [0.29, 0.717) is 0 Å². The zero-order valence-corrected chi connectivity index (χ0v) is 12.8. The average molecular weight is 304 g/mol. The number of halogens is 1. The number of amides is 1. The van der Waals surface area contributed by atoms with E-state index in [2.05, 4.69) is 5.32 Å². The van der Waals surface area contributed by atoms with Crippen molar-refractivity contribution in [3.8, 4) is 0 Å². The molecule has 6 heteroatoms. The molecular formula is C13H18ClNO3S. The smallest absolute Gasteiger partial charge is 0.235 e. The third-order valence-corrected chi connectivity index (χ3v) is 4.88. The zero-order valence-electron chi connectivity index (χ0n) is 11.2. The van der Waals surface area contributed by atoms with Crippen LogP contribution in [-0.4, -0.2) is 31.7 Å². The van der Waals surface area contributed by atoms with Gasteiger partial charge in [0.2, 0.25) is 5.91 Å². The largest absolute Gasteiger partial charge is 0.347 e. The first-order valence-corrected chi connectivity index (χ1v) is 8.35. The minimum atomic E-state index is -3.27. The Labute approximate surface area is 119 Å². The second-order valence-corrected chi connectivity index (χ2v) is 7.29. The minimum Gasteiger partial charge on any atom is -0.347 e. The number of carbonyl (C=O) groups is 1. The summed E-state index contributed by atoms with van der Waals surface area (Å²) < 4.78 is 23.4. The first kappa shape index (κ1) is 16.0. The Balaban J connectivity index is 3.12. The molecule has 0 aliphatic carbocycles. The van der Waals surface area contributed by atoms with Crippen LogP contribution in [0.15, 0.2) is 24.3 Å². The molecule has 1 N–H and O–H groups in total. The number of hydrogen-bond donors (Lipinski definition) is 1. The van der Waals surface area contributed by atoms with Gasteiger partial charge in [-0.25, -0.2) is 8.42 Å². The lowest BCUT2D eigenvalue weighted by molar-refractivity contribution is -0.119. The van der Waals surface area contributed by atoms with Gasteiger partial charge in [-0.05, 0) is 19.4 Å². The molecule has 0 radical (unpaired) electrons. The number of sulfone groups is 1. The minimum absolute atomic E-state index is 0.196. The third-order valence-electron chi connectivity index (χ3n) is 3.02. The monoisotopic (exact) mass is 303 g/mol. The number of rotatable bonds is 5. The van der Waals surface area contributed by atoms with E-state index < -0.39 is 21.1 Å². The molecule has 0 aliphatic heterocycles. The first-order valence-electron chi connectivity index (χ1n) is 5.86. The Morgan fingerprint density at radius 3 is 2.26 bits per heavy atom. The number of carbonyl (C=O) groups excluding carboxylic acids is 1. The third kappa shape index (κ3) is 4.51. The topological polar surface area (TPSA) is 63.2 Å². The van der Waals surface area contributed by atoms with Crippen LogP contribution in [0.3, 0.4) is 0 Å². The number of hydrogen-bond acceptors (Lipinski definition) is 3. The maximum absolute atomic E-state index is 11.7. The van der Waals surface area contributed by atoms with E-state index in [0.717, 1.165) is 17.4 Å². The molecule has 1 rings (SSSR count). The molecule has 106 valence electrons. The van der Waals surface area contributed by atoms with Gasteiger partial charge in [0.25, 0.3) is 0 Å². The molecule has 0 spiro atoms. The first-order chi connectivity index (χ1) is 8.75. The van der Waals surface area contributed by atoms with Gasteiger partial charge in [-0.15, -0.1) is 11.6 Å². The van der Waals surface area contributed by atoms with Crippen molar-refractivity contribution in [2.24, 2.45) is 0 Å². The van der Waals surface area contributed by atoms with E-state index in [4.69, 9.17) is 11.6 Å². The zero-order chi connectivity index (χ0) is 14.6. The number of nitrogens with one attached hydrogen (secondary N) is 1. The Bertz CT molecular complexity index is 540. The van der Waals surface area contributed by atoms with E-state index in [1.807, 2.05) is 31.2 Å². The second-order valence-electron chi connectivity index (χ2n) is 4.62. The Kier molecular flexibility index (Phi) is 5.38. The Morgan fingerprint density at radius 2 is 1.84 bits per heavy atom. The van der Waals surface area contributed by atoms with Crippen LogP contribution in [0.25, 0.3) is 0 Å². The van der Waals surface area contributed by atoms with E-state index in [1.54, 1.807) is 6.92 Å². The molecule has 19 heavy (non-hydrogen) atoms. The summed E-state index contributed by atoms with van der Waals surface area (Å²) in [7, 11) is -3.27. The fraction of sp³-hybridized carbons (Fsp3) is 0.462. The molecule has 1 amide bonds. The molecule has 0 saturated heterocycles. The molecule has 0 aliphatic rings. The summed E-state index contributed by atoms with van der Waals surface area (Å²) in [5.74, 6) is -0.582. The number of aryl methyl sites for hydroxylation is 1. The Morgan fingerprint density at radius 1 is 1.32 bits per heavy atom. The van der Waals surface area contributed by atoms with Crippen LogP contribution in [0.4, 0.5) is 0 Å². The van der Waals surface area contributed by atoms with Gasteiger partial charge in [-0.3, -0.25) is 4.79 Å². The van der Waals surface area contributed by atoms with Crippen molar-refractivity contribution in [1.82, 2.24) is 5.32 Å². The standard InChI is InChI=1S/C13H18ClNO3S/c1-9-4-6-11(7-5-9)13(15-12(16)8-14)10(2)19(3,17)18/h4-7,10,13H,8H2,1-3H3,(H,15,16). The van der Waals surface area contributed by atoms with Crippen molar-refractivity contribution in [1.29, 1.82) is 0 Å². The van der Waals surface area contributed by atoms with Crippen molar-refractivity contribution < 1.29 is 13.2 Å². The summed E-state index contributed by atoms with van der Waals surface area (Å²) in [4.78, 5) is 11.5. The van der Waals surface area contributed by atoms with Gasteiger partial charge in [0.1, 0.15) is 5.88 Å². The van der Waals surface area contributed by atoms with Gasteiger partial charge in [-0.1, -0.05) is 29.8 Å². The molecule has 4 nitrogen and oxygen atoms in total. The summed E-state index contributed by atoms with van der Waals surface area (Å²) >= 11 is 5.47. The van der Waals surface area contributed by atoms with Gasteiger partial charge < -0.3 is 5.32 Å². The van der Waals surface area contributed by atoms with E-state index >= 15 is 0 Å². The molecule has 0 saturated carbocycles. The average Bonchev–Trinajstić information content (AvgIpc) is 2.35. The highest BCUT2D eigenvalue weighted by molar-refractivity contribution is 7.91. The van der Waals surface area contributed by atoms with Gasteiger partial charge in [0.05, 0.1) is 11.3 Å². The van der Waals surface area contributed by atoms with Crippen LogP contribution >= 0.6 is 11.6 Å². The molecule has 1 aromatic carbocycles. The lowest BCUT2D eigenvalue weighted by Crippen LogP contribution is -2.39. The van der Waals surface area contributed by atoms with Gasteiger partial charge in [0.15, 0.2) is 9.84 Å². The predicted molar refractivity (Wildman–Crippen MR) is 77.1 cm³/mol. The van der Waals surface area contributed by atoms with E-state index in [-0.39, 0.29) is 11.8 Å². The molecule has 1 aromatic rings. The summed E-state index contributed by atoms with van der Waals surface area (Å²) in [6, 6.07) is 6.79. The molecular weight excluding hydrogens is 286 g/mol. The van der Waals surface area contributed by atoms with Gasteiger partial charge >= 0.3 is 0 Å². The van der Waals surface area contributed by atoms with E-state index in [9.17, 15) is 13.2 Å². The van der Waals surface area contributed by atoms with E-state index in [1.165, 1.54) is 0 Å². The van der Waals surface area contributed by atoms with Crippen molar-refractivity contribution in [3.05, 3.63) is 35.4 Å². The van der Waals surface area contributed by atoms with Crippen LogP contribution in [0.2, 0.25) is 0 Å². The summed E-state index contributed by atoms with van der Waals surface area (Å²) in [5.41, 5.74) is 1.82. The van der Waals surface area contributed by atoms with Crippen molar-refractivity contribution in [2.45, 2.75) is 25.1 Å². The normalized spacial score (nSPS) is 14.7. The predicted octanol–water partition coefficient (Wildman–Crippen LogP) is 1.82. The summed E-state index contributed by atoms with van der Waals surface area (Å²) in [6.07, 6.45) is 1.16. The summed E-state index contributed by atoms with van der Waals surface area (Å²) in [6.45, 7) is 3.52. The van der Waals surface area contributed by atoms with Crippen LogP contribution in [-0.2, 0) is 14.6 Å². The van der Waals surface area contributed by atoms with Crippen LogP contribution in [0.5, 0.6) is 0 Å². The molecule has 0 fully saturated rings. The Hall–Kier alpha value is -1.07. The molecule has 2 atom stereocenters. The fourth-order valence-electron chi connectivity index (χ4n) is 1.70. The summed E-state index contributed by atoms with van der Waals surface area (Å²) in [5, 5.41) is 1.94. The van der Waals surface area contributed by atoms with Crippen molar-refractivity contribution >= 4 is 27.3 Å². The van der Waals surface area contributed by atoms with Gasteiger partial charge in [-0.2, -0.15) is 0 Å². The fourth-order valence-corrected chi connectivity index (χ4v) is 2.50. The lowest BCUT2D eigenvalue weighted by atomic mass is 10.0. The van der Waals surface area contributed by atoms with Crippen LogP contribution < -0.4 is 5.32 Å². The highest BCUT2D eigenvalue weighted by Crippen LogP contribution is 2.22. The van der Waals surface area contributed by atoms with Crippen LogP contribution in [0.1, 0.15) is 24.1 Å². The maximum Gasteiger partial charge on any atom is 0.235 e. The highest BCUT2D eigenvalue weighted by atomic mass is 35.5. The molecule has 0 heterocycles. The highest BCUT2D eigenvalue weighted by Gasteiger charge is 2.28. The quantitative estimate of drug-likeness (QED) is 0.844. The second kappa shape index (κ2) is 6.39. The van der Waals surface area contributed by atoms with Crippen molar-refractivity contribution in [3.63, 3.8) is 0 Å². The molecule has 0 bridgehead atoms. The number of alkyl halides is 1. The lowest BCUT2D eigenvalue weighted by Gasteiger charge is -2.24. The van der Waals surface area contributed by atoms with Crippen molar-refractivity contribution in [2.75, 3.05) is 12.1 Å². The SMILES string of the molecule is Cc1ccc(C(NC(=O)CCl)C(C)S(C)(=O)=O)cc1. The number of benzene rings is 1.